The number of halogens is 1. The minimum atomic E-state index is -0.258. The fourth-order valence-electron chi connectivity index (χ4n) is 2.59. The standard InChI is InChI=1S/C20H19FN2O3S/c1-25-17-8-5-14(10-18(17)26-2)11-19(24)23-20-22-12-16(27-20)9-13-3-6-15(21)7-4-13/h3-8,10,12H,9,11H2,1-2H3,(H,22,23,24). The highest BCUT2D eigenvalue weighted by atomic mass is 32.1. The zero-order chi connectivity index (χ0) is 19.2. The van der Waals surface area contributed by atoms with Gasteiger partial charge in [-0.25, -0.2) is 9.37 Å². The molecule has 0 radical (unpaired) electrons. The van der Waals surface area contributed by atoms with Crippen molar-refractivity contribution in [3.05, 3.63) is 70.5 Å². The number of carbonyl (C=O) groups excluding carboxylic acids is 1. The Morgan fingerprint density at radius 2 is 1.78 bits per heavy atom. The highest BCUT2D eigenvalue weighted by Crippen LogP contribution is 2.28. The highest BCUT2D eigenvalue weighted by Gasteiger charge is 2.11. The number of ether oxygens (including phenoxy) is 2. The number of benzene rings is 2. The van der Waals surface area contributed by atoms with Crippen LogP contribution in [0.2, 0.25) is 0 Å². The van der Waals surface area contributed by atoms with Gasteiger partial charge in [0.2, 0.25) is 5.91 Å². The molecule has 7 heteroatoms. The average molecular weight is 386 g/mol. The maximum Gasteiger partial charge on any atom is 0.230 e. The van der Waals surface area contributed by atoms with Crippen molar-refractivity contribution >= 4 is 22.4 Å². The Labute approximate surface area is 160 Å². The molecule has 0 aliphatic heterocycles. The number of rotatable bonds is 7. The van der Waals surface area contributed by atoms with Crippen molar-refractivity contribution in [3.63, 3.8) is 0 Å². The van der Waals surface area contributed by atoms with Crippen LogP contribution in [-0.4, -0.2) is 25.1 Å². The number of amides is 1. The van der Waals surface area contributed by atoms with Gasteiger partial charge in [0.1, 0.15) is 5.82 Å². The molecule has 0 bridgehead atoms. The van der Waals surface area contributed by atoms with E-state index >= 15 is 0 Å². The van der Waals surface area contributed by atoms with Crippen LogP contribution in [0.4, 0.5) is 9.52 Å². The summed E-state index contributed by atoms with van der Waals surface area (Å²) in [5.41, 5.74) is 1.80. The first-order valence-electron chi connectivity index (χ1n) is 8.27. The fourth-order valence-corrected chi connectivity index (χ4v) is 3.45. The zero-order valence-electron chi connectivity index (χ0n) is 15.0. The van der Waals surface area contributed by atoms with E-state index in [0.29, 0.717) is 23.1 Å². The van der Waals surface area contributed by atoms with Crippen molar-refractivity contribution in [3.8, 4) is 11.5 Å². The van der Waals surface area contributed by atoms with Gasteiger partial charge in [-0.15, -0.1) is 11.3 Å². The van der Waals surface area contributed by atoms with Crippen LogP contribution in [0, 0.1) is 5.82 Å². The summed E-state index contributed by atoms with van der Waals surface area (Å²) >= 11 is 1.40. The van der Waals surface area contributed by atoms with Crippen LogP contribution in [-0.2, 0) is 17.6 Å². The third-order valence-electron chi connectivity index (χ3n) is 3.90. The Morgan fingerprint density at radius 3 is 2.48 bits per heavy atom. The molecule has 3 aromatic rings. The Balaban J connectivity index is 1.60. The van der Waals surface area contributed by atoms with E-state index in [9.17, 15) is 9.18 Å². The molecule has 0 aliphatic carbocycles. The monoisotopic (exact) mass is 386 g/mol. The number of aromatic nitrogens is 1. The smallest absolute Gasteiger partial charge is 0.230 e. The molecule has 27 heavy (non-hydrogen) atoms. The van der Waals surface area contributed by atoms with Gasteiger partial charge in [0, 0.05) is 17.5 Å². The van der Waals surface area contributed by atoms with Gasteiger partial charge < -0.3 is 14.8 Å². The predicted molar refractivity (Wildman–Crippen MR) is 103 cm³/mol. The van der Waals surface area contributed by atoms with Gasteiger partial charge in [0.15, 0.2) is 16.6 Å². The summed E-state index contributed by atoms with van der Waals surface area (Å²) in [7, 11) is 3.12. The Kier molecular flexibility index (Phi) is 6.03. The van der Waals surface area contributed by atoms with Crippen molar-refractivity contribution in [1.29, 1.82) is 0 Å². The normalized spacial score (nSPS) is 10.5. The molecular formula is C20H19FN2O3S. The molecule has 140 valence electrons. The third-order valence-corrected chi connectivity index (χ3v) is 4.82. The summed E-state index contributed by atoms with van der Waals surface area (Å²) in [6.45, 7) is 0. The molecule has 1 heterocycles. The molecule has 1 amide bonds. The first-order valence-corrected chi connectivity index (χ1v) is 9.09. The maximum absolute atomic E-state index is 13.0. The third kappa shape index (κ3) is 5.04. The second-order valence-corrected chi connectivity index (χ2v) is 6.96. The summed E-state index contributed by atoms with van der Waals surface area (Å²) in [4.78, 5) is 17.5. The van der Waals surface area contributed by atoms with Gasteiger partial charge in [-0.3, -0.25) is 4.79 Å². The molecule has 2 aromatic carbocycles. The summed E-state index contributed by atoms with van der Waals surface area (Å²) < 4.78 is 23.4. The lowest BCUT2D eigenvalue weighted by Gasteiger charge is -2.09. The Bertz CT molecular complexity index is 925. The van der Waals surface area contributed by atoms with Crippen molar-refractivity contribution < 1.29 is 18.7 Å². The number of nitrogens with one attached hydrogen (secondary N) is 1. The van der Waals surface area contributed by atoms with Crippen LogP contribution in [0.5, 0.6) is 11.5 Å². The first-order chi connectivity index (χ1) is 13.1. The molecule has 0 aliphatic rings. The van der Waals surface area contributed by atoms with Gasteiger partial charge in [-0.1, -0.05) is 18.2 Å². The lowest BCUT2D eigenvalue weighted by molar-refractivity contribution is -0.115. The lowest BCUT2D eigenvalue weighted by atomic mass is 10.1. The largest absolute Gasteiger partial charge is 0.493 e. The Morgan fingerprint density at radius 1 is 1.07 bits per heavy atom. The van der Waals surface area contributed by atoms with Crippen molar-refractivity contribution in [1.82, 2.24) is 4.98 Å². The second kappa shape index (κ2) is 8.64. The van der Waals surface area contributed by atoms with Gasteiger partial charge in [0.25, 0.3) is 0 Å². The van der Waals surface area contributed by atoms with Gasteiger partial charge >= 0.3 is 0 Å². The minimum absolute atomic E-state index is 0.162. The van der Waals surface area contributed by atoms with E-state index < -0.39 is 0 Å². The van der Waals surface area contributed by atoms with Gasteiger partial charge in [0.05, 0.1) is 20.6 Å². The van der Waals surface area contributed by atoms with Crippen LogP contribution in [0.25, 0.3) is 0 Å². The topological polar surface area (TPSA) is 60.5 Å². The molecule has 5 nitrogen and oxygen atoms in total. The van der Waals surface area contributed by atoms with Crippen LogP contribution in [0.1, 0.15) is 16.0 Å². The molecule has 0 atom stereocenters. The number of anilines is 1. The molecular weight excluding hydrogens is 367 g/mol. The number of thiazole rings is 1. The molecule has 0 saturated carbocycles. The van der Waals surface area contributed by atoms with Gasteiger partial charge in [-0.2, -0.15) is 0 Å². The summed E-state index contributed by atoms with van der Waals surface area (Å²) in [6.07, 6.45) is 2.57. The van der Waals surface area contributed by atoms with Crippen LogP contribution >= 0.6 is 11.3 Å². The fraction of sp³-hybridized carbons (Fsp3) is 0.200. The van der Waals surface area contributed by atoms with Gasteiger partial charge in [-0.05, 0) is 35.4 Å². The highest BCUT2D eigenvalue weighted by molar-refractivity contribution is 7.15. The molecule has 0 unspecified atom stereocenters. The number of methoxy groups -OCH3 is 2. The SMILES string of the molecule is COc1ccc(CC(=O)Nc2ncc(Cc3ccc(F)cc3)s2)cc1OC. The quantitative estimate of drug-likeness (QED) is 0.665. The summed E-state index contributed by atoms with van der Waals surface area (Å²) in [6, 6.07) is 11.7. The van der Waals surface area contributed by atoms with Crippen LogP contribution < -0.4 is 14.8 Å². The average Bonchev–Trinajstić information content (AvgIpc) is 3.10. The number of carbonyl (C=O) groups is 1. The van der Waals surface area contributed by atoms with Crippen LogP contribution in [0.15, 0.2) is 48.7 Å². The number of nitrogens with zero attached hydrogens (tertiary/aromatic N) is 1. The van der Waals surface area contributed by atoms with E-state index in [0.717, 1.165) is 16.0 Å². The zero-order valence-corrected chi connectivity index (χ0v) is 15.8. The minimum Gasteiger partial charge on any atom is -0.493 e. The molecule has 0 fully saturated rings. The molecule has 0 spiro atoms. The van der Waals surface area contributed by atoms with Crippen LogP contribution in [0.3, 0.4) is 0 Å². The van der Waals surface area contributed by atoms with Crippen molar-refractivity contribution in [2.24, 2.45) is 0 Å². The number of hydrogen-bond donors (Lipinski definition) is 1. The van der Waals surface area contributed by atoms with Crippen molar-refractivity contribution in [2.75, 3.05) is 19.5 Å². The van der Waals surface area contributed by atoms with E-state index in [2.05, 4.69) is 10.3 Å². The predicted octanol–water partition coefficient (Wildman–Crippen LogP) is 4.07. The van der Waals surface area contributed by atoms with E-state index in [4.69, 9.17) is 9.47 Å². The number of hydrogen-bond acceptors (Lipinski definition) is 5. The maximum atomic E-state index is 13.0. The summed E-state index contributed by atoms with van der Waals surface area (Å²) in [5, 5.41) is 3.35. The van der Waals surface area contributed by atoms with E-state index in [1.165, 1.54) is 23.5 Å². The Hall–Kier alpha value is -2.93. The lowest BCUT2D eigenvalue weighted by Crippen LogP contribution is -2.14. The second-order valence-electron chi connectivity index (χ2n) is 5.85. The van der Waals surface area contributed by atoms with E-state index in [-0.39, 0.29) is 18.1 Å². The van der Waals surface area contributed by atoms with E-state index in [1.54, 1.807) is 44.7 Å². The summed E-state index contributed by atoms with van der Waals surface area (Å²) in [5.74, 6) is 0.779. The molecule has 1 aromatic heterocycles. The van der Waals surface area contributed by atoms with E-state index in [1.807, 2.05) is 6.07 Å². The molecule has 3 rings (SSSR count). The molecule has 1 N–H and O–H groups in total. The first kappa shape index (κ1) is 18.8. The molecule has 0 saturated heterocycles. The van der Waals surface area contributed by atoms with Crippen molar-refractivity contribution in [2.45, 2.75) is 12.8 Å².